The molecule has 1 atom stereocenters. The monoisotopic (exact) mass is 229 g/mol. The highest BCUT2D eigenvalue weighted by atomic mass is 32.1. The van der Waals surface area contributed by atoms with E-state index in [1.807, 2.05) is 7.05 Å². The van der Waals surface area contributed by atoms with Gasteiger partial charge < -0.3 is 10.1 Å². The van der Waals surface area contributed by atoms with Gasteiger partial charge in [0, 0.05) is 12.5 Å². The lowest BCUT2D eigenvalue weighted by Gasteiger charge is -2.20. The Bertz CT molecular complexity index is 306. The summed E-state index contributed by atoms with van der Waals surface area (Å²) in [7, 11) is 3.63. The molecule has 0 fully saturated rings. The first-order chi connectivity index (χ1) is 7.00. The lowest BCUT2D eigenvalue weighted by Crippen LogP contribution is -2.24. The molecule has 1 aromatic rings. The van der Waals surface area contributed by atoms with Gasteiger partial charge in [-0.2, -0.15) is 0 Å². The van der Waals surface area contributed by atoms with Crippen LogP contribution in [-0.4, -0.2) is 30.4 Å². The van der Waals surface area contributed by atoms with Crippen LogP contribution >= 0.6 is 11.5 Å². The van der Waals surface area contributed by atoms with E-state index in [1.165, 1.54) is 16.4 Å². The van der Waals surface area contributed by atoms with Crippen LogP contribution in [0.5, 0.6) is 0 Å². The number of ether oxygens (including phenoxy) is 1. The van der Waals surface area contributed by atoms with Crippen molar-refractivity contribution in [3.8, 4) is 0 Å². The molecule has 0 aliphatic heterocycles. The van der Waals surface area contributed by atoms with E-state index in [1.54, 1.807) is 7.11 Å². The summed E-state index contributed by atoms with van der Waals surface area (Å²) < 4.78 is 9.21. The second kappa shape index (κ2) is 5.01. The number of aromatic nitrogens is 2. The molecule has 5 heteroatoms. The van der Waals surface area contributed by atoms with Gasteiger partial charge in [0.15, 0.2) is 0 Å². The predicted octanol–water partition coefficient (Wildman–Crippen LogP) is 1.74. The van der Waals surface area contributed by atoms with Crippen LogP contribution in [0.1, 0.15) is 37.4 Å². The van der Waals surface area contributed by atoms with Gasteiger partial charge in [0.1, 0.15) is 0 Å². The Balaban J connectivity index is 2.97. The van der Waals surface area contributed by atoms with E-state index in [4.69, 9.17) is 4.74 Å². The van der Waals surface area contributed by atoms with Crippen molar-refractivity contribution in [1.29, 1.82) is 0 Å². The van der Waals surface area contributed by atoms with E-state index >= 15 is 0 Å². The minimum atomic E-state index is 0.0329. The molecule has 0 aromatic carbocycles. The minimum absolute atomic E-state index is 0.0329. The molecule has 0 aliphatic rings. The van der Waals surface area contributed by atoms with Crippen LogP contribution in [-0.2, 0) is 10.2 Å². The molecule has 1 unspecified atom stereocenters. The molecule has 0 aliphatic carbocycles. The molecule has 15 heavy (non-hydrogen) atoms. The summed E-state index contributed by atoms with van der Waals surface area (Å²) in [5.41, 5.74) is 1.09. The van der Waals surface area contributed by atoms with Gasteiger partial charge >= 0.3 is 0 Å². The van der Waals surface area contributed by atoms with E-state index < -0.39 is 0 Å². The molecular formula is C10H19N3OS. The van der Waals surface area contributed by atoms with Crippen LogP contribution in [0.2, 0.25) is 0 Å². The highest BCUT2D eigenvalue weighted by molar-refractivity contribution is 7.05. The molecule has 0 bridgehead atoms. The van der Waals surface area contributed by atoms with Gasteiger partial charge in [-0.3, -0.25) is 0 Å². The number of nitrogens with zero attached hydrogens (tertiary/aromatic N) is 2. The Morgan fingerprint density at radius 3 is 2.60 bits per heavy atom. The van der Waals surface area contributed by atoms with E-state index in [2.05, 4.69) is 35.7 Å². The zero-order chi connectivity index (χ0) is 11.5. The number of nitrogens with one attached hydrogen (secondary N) is 1. The van der Waals surface area contributed by atoms with Gasteiger partial charge in [0.2, 0.25) is 0 Å². The Hall–Kier alpha value is -0.520. The zero-order valence-electron chi connectivity index (χ0n) is 10.00. The third-order valence-electron chi connectivity index (χ3n) is 2.22. The van der Waals surface area contributed by atoms with E-state index in [9.17, 15) is 0 Å². The zero-order valence-corrected chi connectivity index (χ0v) is 10.8. The molecular weight excluding hydrogens is 210 g/mol. The van der Waals surface area contributed by atoms with Crippen molar-refractivity contribution in [2.24, 2.45) is 0 Å². The van der Waals surface area contributed by atoms with E-state index in [0.29, 0.717) is 6.61 Å². The smallest absolute Gasteiger partial charge is 0.0857 e. The molecule has 0 saturated carbocycles. The normalized spacial score (nSPS) is 14.2. The second-order valence-corrected chi connectivity index (χ2v) is 5.32. The van der Waals surface area contributed by atoms with Gasteiger partial charge in [0.25, 0.3) is 0 Å². The molecule has 1 rings (SSSR count). The second-order valence-electron chi connectivity index (χ2n) is 4.53. The maximum Gasteiger partial charge on any atom is 0.0857 e. The predicted molar refractivity (Wildman–Crippen MR) is 62.3 cm³/mol. The molecule has 1 heterocycles. The first-order valence-electron chi connectivity index (χ1n) is 4.99. The number of methoxy groups -OCH3 is 1. The average Bonchev–Trinajstić information content (AvgIpc) is 2.61. The highest BCUT2D eigenvalue weighted by Crippen LogP contribution is 2.30. The molecule has 86 valence electrons. The summed E-state index contributed by atoms with van der Waals surface area (Å²) in [5.74, 6) is 0. The van der Waals surface area contributed by atoms with Crippen LogP contribution in [0.4, 0.5) is 0 Å². The van der Waals surface area contributed by atoms with Crippen molar-refractivity contribution < 1.29 is 4.74 Å². The lowest BCUT2D eigenvalue weighted by molar-refractivity contribution is 0.170. The summed E-state index contributed by atoms with van der Waals surface area (Å²) in [5, 5.41) is 7.43. The molecule has 1 N–H and O–H groups in total. The van der Waals surface area contributed by atoms with Crippen LogP contribution in [0.3, 0.4) is 0 Å². The molecule has 4 nitrogen and oxygen atoms in total. The summed E-state index contributed by atoms with van der Waals surface area (Å²) in [6.07, 6.45) is 0. The van der Waals surface area contributed by atoms with Crippen molar-refractivity contribution in [2.45, 2.75) is 32.2 Å². The van der Waals surface area contributed by atoms with Crippen molar-refractivity contribution in [1.82, 2.24) is 14.9 Å². The first-order valence-corrected chi connectivity index (χ1v) is 5.77. The Kier molecular flexibility index (Phi) is 4.19. The SMILES string of the molecule is CNC(COC)c1snnc1C(C)(C)C. The third-order valence-corrected chi connectivity index (χ3v) is 3.06. The van der Waals surface area contributed by atoms with Gasteiger partial charge in [-0.1, -0.05) is 25.3 Å². The Morgan fingerprint density at radius 2 is 2.13 bits per heavy atom. The Labute approximate surface area is 95.2 Å². The van der Waals surface area contributed by atoms with E-state index in [-0.39, 0.29) is 11.5 Å². The maximum absolute atomic E-state index is 5.17. The molecule has 0 radical (unpaired) electrons. The molecule has 0 spiro atoms. The van der Waals surface area contributed by atoms with Crippen LogP contribution in [0, 0.1) is 0 Å². The largest absolute Gasteiger partial charge is 0.383 e. The van der Waals surface area contributed by atoms with Crippen LogP contribution < -0.4 is 5.32 Å². The maximum atomic E-state index is 5.17. The highest BCUT2D eigenvalue weighted by Gasteiger charge is 2.26. The topological polar surface area (TPSA) is 47.0 Å². The fourth-order valence-corrected chi connectivity index (χ4v) is 2.36. The summed E-state index contributed by atoms with van der Waals surface area (Å²) >= 11 is 1.45. The average molecular weight is 229 g/mol. The van der Waals surface area contributed by atoms with Crippen LogP contribution in [0.15, 0.2) is 0 Å². The van der Waals surface area contributed by atoms with Crippen LogP contribution in [0.25, 0.3) is 0 Å². The summed E-state index contributed by atoms with van der Waals surface area (Å²) in [6.45, 7) is 7.08. The number of hydrogen-bond donors (Lipinski definition) is 1. The minimum Gasteiger partial charge on any atom is -0.383 e. The van der Waals surface area contributed by atoms with E-state index in [0.717, 1.165) is 5.69 Å². The third kappa shape index (κ3) is 2.96. The summed E-state index contributed by atoms with van der Waals surface area (Å²) in [6, 6.07) is 0.184. The van der Waals surface area contributed by atoms with Gasteiger partial charge in [-0.05, 0) is 18.6 Å². The van der Waals surface area contributed by atoms with Gasteiger partial charge in [0.05, 0.1) is 23.2 Å². The Morgan fingerprint density at radius 1 is 1.47 bits per heavy atom. The standard InChI is InChI=1S/C10H19N3OS/c1-10(2,3)9-8(15-13-12-9)7(11-4)6-14-5/h7,11H,6H2,1-5H3. The fourth-order valence-electron chi connectivity index (χ4n) is 1.40. The number of hydrogen-bond acceptors (Lipinski definition) is 5. The quantitative estimate of drug-likeness (QED) is 0.854. The molecule has 0 saturated heterocycles. The number of likely N-dealkylation sites (N-methyl/N-ethyl adjacent to an activating group) is 1. The number of rotatable bonds is 4. The first kappa shape index (κ1) is 12.5. The van der Waals surface area contributed by atoms with Crippen molar-refractivity contribution in [3.63, 3.8) is 0 Å². The summed E-state index contributed by atoms with van der Waals surface area (Å²) in [4.78, 5) is 1.17. The molecule has 1 aromatic heterocycles. The fraction of sp³-hybridized carbons (Fsp3) is 0.800. The van der Waals surface area contributed by atoms with Crippen molar-refractivity contribution in [3.05, 3.63) is 10.6 Å². The van der Waals surface area contributed by atoms with Crippen molar-refractivity contribution >= 4 is 11.5 Å². The van der Waals surface area contributed by atoms with Gasteiger partial charge in [-0.25, -0.2) is 0 Å². The van der Waals surface area contributed by atoms with Crippen molar-refractivity contribution in [2.75, 3.05) is 20.8 Å². The lowest BCUT2D eigenvalue weighted by atomic mass is 9.90. The van der Waals surface area contributed by atoms with Gasteiger partial charge in [-0.15, -0.1) is 5.10 Å². The molecule has 0 amide bonds.